The standard InChI is InChI=1S/C13H10F4N2O3/c1-7(20)10(6-18)11(21)19-8-2-4-9(5-3-8)22-13(16,17)12(14)15/h2-5,12,20H,1H3,(H,19,21). The number of carbonyl (C=O) groups excluding carboxylic acids is 1. The van der Waals surface area contributed by atoms with E-state index in [1.165, 1.54) is 6.07 Å². The minimum absolute atomic E-state index is 0.0895. The molecule has 0 aliphatic carbocycles. The van der Waals surface area contributed by atoms with Crippen LogP contribution in [-0.2, 0) is 4.79 Å². The van der Waals surface area contributed by atoms with E-state index in [4.69, 9.17) is 10.4 Å². The Labute approximate surface area is 122 Å². The molecule has 0 heterocycles. The van der Waals surface area contributed by atoms with Crippen LogP contribution in [0.4, 0.5) is 23.2 Å². The average Bonchev–Trinajstić information content (AvgIpc) is 2.40. The van der Waals surface area contributed by atoms with Crippen LogP contribution in [-0.4, -0.2) is 23.5 Å². The van der Waals surface area contributed by atoms with Gasteiger partial charge in [0.15, 0.2) is 5.57 Å². The number of hydrogen-bond acceptors (Lipinski definition) is 4. The highest BCUT2D eigenvalue weighted by Gasteiger charge is 2.43. The zero-order chi connectivity index (χ0) is 16.9. The third-order valence-corrected chi connectivity index (χ3v) is 2.32. The minimum Gasteiger partial charge on any atom is -0.511 e. The molecular weight excluding hydrogens is 308 g/mol. The predicted molar refractivity (Wildman–Crippen MR) is 67.6 cm³/mol. The number of hydrogen-bond donors (Lipinski definition) is 2. The minimum atomic E-state index is -4.63. The molecule has 1 rings (SSSR count). The van der Waals surface area contributed by atoms with Crippen molar-refractivity contribution in [3.63, 3.8) is 0 Å². The van der Waals surface area contributed by atoms with E-state index in [2.05, 4.69) is 10.1 Å². The van der Waals surface area contributed by atoms with Crippen LogP contribution in [0.25, 0.3) is 0 Å². The first-order valence-corrected chi connectivity index (χ1v) is 5.73. The zero-order valence-electron chi connectivity index (χ0n) is 11.1. The van der Waals surface area contributed by atoms with Crippen LogP contribution in [0.3, 0.4) is 0 Å². The fourth-order valence-electron chi connectivity index (χ4n) is 1.30. The highest BCUT2D eigenvalue weighted by Crippen LogP contribution is 2.28. The van der Waals surface area contributed by atoms with Gasteiger partial charge in [0, 0.05) is 5.69 Å². The van der Waals surface area contributed by atoms with Gasteiger partial charge in [0.05, 0.1) is 0 Å². The van der Waals surface area contributed by atoms with Crippen molar-refractivity contribution < 1.29 is 32.2 Å². The summed E-state index contributed by atoms with van der Waals surface area (Å²) < 4.78 is 53.1. The number of ether oxygens (including phenoxy) is 1. The Morgan fingerprint density at radius 2 is 1.91 bits per heavy atom. The number of anilines is 1. The average molecular weight is 318 g/mol. The van der Waals surface area contributed by atoms with Crippen LogP contribution in [0.2, 0.25) is 0 Å². The van der Waals surface area contributed by atoms with Crippen LogP contribution < -0.4 is 10.1 Å². The number of rotatable bonds is 5. The molecule has 0 saturated carbocycles. The predicted octanol–water partition coefficient (Wildman–Crippen LogP) is 3.22. The zero-order valence-corrected chi connectivity index (χ0v) is 11.1. The fourth-order valence-corrected chi connectivity index (χ4v) is 1.30. The molecule has 0 unspecified atom stereocenters. The Kier molecular flexibility index (Phi) is 5.34. The lowest BCUT2D eigenvalue weighted by atomic mass is 10.2. The van der Waals surface area contributed by atoms with Crippen LogP contribution in [0.5, 0.6) is 5.75 Å². The Balaban J connectivity index is 2.81. The summed E-state index contributed by atoms with van der Waals surface area (Å²) in [7, 11) is 0. The molecule has 0 aliphatic heterocycles. The highest BCUT2D eigenvalue weighted by atomic mass is 19.3. The van der Waals surface area contributed by atoms with Crippen molar-refractivity contribution in [3.05, 3.63) is 35.6 Å². The van der Waals surface area contributed by atoms with Crippen molar-refractivity contribution in [1.82, 2.24) is 0 Å². The molecule has 9 heteroatoms. The molecule has 1 aromatic carbocycles. The largest absolute Gasteiger partial charge is 0.511 e. The SMILES string of the molecule is CC(O)=C(C#N)C(=O)Nc1ccc(OC(F)(F)C(F)F)cc1. The van der Waals surface area contributed by atoms with E-state index in [0.717, 1.165) is 31.2 Å². The summed E-state index contributed by atoms with van der Waals surface area (Å²) in [6.45, 7) is 1.14. The molecule has 5 nitrogen and oxygen atoms in total. The Morgan fingerprint density at radius 3 is 2.32 bits per heavy atom. The molecular formula is C13H10F4N2O3. The summed E-state index contributed by atoms with van der Waals surface area (Å²) in [6.07, 6.45) is -8.61. The summed E-state index contributed by atoms with van der Waals surface area (Å²) in [5.41, 5.74) is -0.434. The number of nitrogens with zero attached hydrogens (tertiary/aromatic N) is 1. The molecule has 1 aromatic rings. The maximum atomic E-state index is 12.7. The van der Waals surface area contributed by atoms with Crippen molar-refractivity contribution >= 4 is 11.6 Å². The summed E-state index contributed by atoms with van der Waals surface area (Å²) in [4.78, 5) is 11.6. The number of benzene rings is 1. The lowest BCUT2D eigenvalue weighted by Gasteiger charge is -2.16. The van der Waals surface area contributed by atoms with Crippen molar-refractivity contribution in [2.24, 2.45) is 0 Å². The van der Waals surface area contributed by atoms with Gasteiger partial charge < -0.3 is 15.2 Å². The van der Waals surface area contributed by atoms with Crippen molar-refractivity contribution in [2.45, 2.75) is 19.5 Å². The maximum Gasteiger partial charge on any atom is 0.461 e. The molecule has 22 heavy (non-hydrogen) atoms. The van der Waals surface area contributed by atoms with E-state index in [9.17, 15) is 22.4 Å². The first-order chi connectivity index (χ1) is 10.2. The maximum absolute atomic E-state index is 12.7. The monoisotopic (exact) mass is 318 g/mol. The van der Waals surface area contributed by atoms with Crippen LogP contribution >= 0.6 is 0 Å². The third-order valence-electron chi connectivity index (χ3n) is 2.32. The van der Waals surface area contributed by atoms with E-state index >= 15 is 0 Å². The molecule has 0 saturated heterocycles. The molecule has 0 spiro atoms. The number of alkyl halides is 4. The van der Waals surface area contributed by atoms with Crippen LogP contribution in [0.1, 0.15) is 6.92 Å². The van der Waals surface area contributed by atoms with Gasteiger partial charge in [-0.15, -0.1) is 0 Å². The number of aliphatic hydroxyl groups excluding tert-OH is 1. The van der Waals surface area contributed by atoms with Crippen molar-refractivity contribution in [2.75, 3.05) is 5.32 Å². The second-order valence-corrected chi connectivity index (χ2v) is 4.02. The molecule has 0 atom stereocenters. The molecule has 0 bridgehead atoms. The summed E-state index contributed by atoms with van der Waals surface area (Å²) in [5, 5.41) is 20.0. The summed E-state index contributed by atoms with van der Waals surface area (Å²) >= 11 is 0. The fraction of sp³-hybridized carbons (Fsp3) is 0.231. The van der Waals surface area contributed by atoms with Gasteiger partial charge in [-0.05, 0) is 31.2 Å². The second-order valence-electron chi connectivity index (χ2n) is 4.02. The van der Waals surface area contributed by atoms with E-state index < -0.39 is 35.5 Å². The van der Waals surface area contributed by atoms with Gasteiger partial charge in [-0.1, -0.05) is 0 Å². The molecule has 2 N–H and O–H groups in total. The number of carbonyl (C=O) groups is 1. The molecule has 1 amide bonds. The smallest absolute Gasteiger partial charge is 0.461 e. The summed E-state index contributed by atoms with van der Waals surface area (Å²) in [5.74, 6) is -1.93. The van der Waals surface area contributed by atoms with Gasteiger partial charge in [0.2, 0.25) is 0 Å². The van der Waals surface area contributed by atoms with Gasteiger partial charge >= 0.3 is 12.5 Å². The van der Waals surface area contributed by atoms with Gasteiger partial charge in [0.25, 0.3) is 5.91 Å². The topological polar surface area (TPSA) is 82.3 Å². The molecule has 0 aromatic heterocycles. The number of halogens is 4. The Bertz CT molecular complexity index is 617. The van der Waals surface area contributed by atoms with E-state index in [1.54, 1.807) is 0 Å². The lowest BCUT2D eigenvalue weighted by Crippen LogP contribution is -2.33. The van der Waals surface area contributed by atoms with E-state index in [1.807, 2.05) is 0 Å². The highest BCUT2D eigenvalue weighted by molar-refractivity contribution is 6.06. The number of amides is 1. The lowest BCUT2D eigenvalue weighted by molar-refractivity contribution is -0.253. The van der Waals surface area contributed by atoms with Gasteiger partial charge in [-0.3, -0.25) is 4.79 Å². The van der Waals surface area contributed by atoms with Crippen LogP contribution in [0, 0.1) is 11.3 Å². The van der Waals surface area contributed by atoms with Crippen molar-refractivity contribution in [1.29, 1.82) is 5.26 Å². The number of aliphatic hydroxyl groups is 1. The van der Waals surface area contributed by atoms with E-state index in [0.29, 0.717) is 0 Å². The first kappa shape index (κ1) is 17.3. The van der Waals surface area contributed by atoms with Crippen molar-refractivity contribution in [3.8, 4) is 11.8 Å². The van der Waals surface area contributed by atoms with Crippen LogP contribution in [0.15, 0.2) is 35.6 Å². The van der Waals surface area contributed by atoms with Gasteiger partial charge in [-0.25, -0.2) is 0 Å². The molecule has 0 aliphatic rings. The Hall–Kier alpha value is -2.76. The quantitative estimate of drug-likeness (QED) is 0.378. The third kappa shape index (κ3) is 4.37. The molecule has 0 radical (unpaired) electrons. The van der Waals surface area contributed by atoms with E-state index in [-0.39, 0.29) is 5.69 Å². The van der Waals surface area contributed by atoms with Gasteiger partial charge in [-0.2, -0.15) is 22.8 Å². The summed E-state index contributed by atoms with van der Waals surface area (Å²) in [6, 6.07) is 5.58. The first-order valence-electron chi connectivity index (χ1n) is 5.73. The number of nitrogens with one attached hydrogen (secondary N) is 1. The normalized spacial score (nSPS) is 12.4. The molecule has 0 fully saturated rings. The number of allylic oxidation sites excluding steroid dienone is 1. The van der Waals surface area contributed by atoms with Gasteiger partial charge in [0.1, 0.15) is 17.6 Å². The molecule has 118 valence electrons. The number of nitriles is 1. The second kappa shape index (κ2) is 6.80. The Morgan fingerprint density at radius 1 is 1.36 bits per heavy atom.